The molecule has 7 heteroatoms. The van der Waals surface area contributed by atoms with E-state index in [1.807, 2.05) is 23.6 Å². The number of thiazole rings is 1. The monoisotopic (exact) mass is 385 g/mol. The van der Waals surface area contributed by atoms with Gasteiger partial charge in [-0.3, -0.25) is 0 Å². The second-order valence-corrected chi connectivity index (χ2v) is 6.59. The molecule has 0 amide bonds. The number of hydrogen-bond acceptors (Lipinski definition) is 7. The smallest absolute Gasteiger partial charge is 0.342 e. The molecule has 1 heterocycles. The van der Waals surface area contributed by atoms with E-state index in [1.54, 1.807) is 33.3 Å². The zero-order chi connectivity index (χ0) is 19.4. The molecule has 1 N–H and O–H groups in total. The quantitative estimate of drug-likeness (QED) is 0.641. The summed E-state index contributed by atoms with van der Waals surface area (Å²) in [6, 6.07) is 10.5. The van der Waals surface area contributed by atoms with Gasteiger partial charge >= 0.3 is 5.97 Å². The van der Waals surface area contributed by atoms with Crippen molar-refractivity contribution in [1.82, 2.24) is 4.98 Å². The normalized spacial score (nSPS) is 10.5. The Balaban J connectivity index is 1.76. The third-order valence-electron chi connectivity index (χ3n) is 3.99. The molecule has 0 aliphatic carbocycles. The second kappa shape index (κ2) is 8.09. The first-order valence-electron chi connectivity index (χ1n) is 8.16. The zero-order valence-corrected chi connectivity index (χ0v) is 16.0. The van der Waals surface area contributed by atoms with Gasteiger partial charge in [0.2, 0.25) is 0 Å². The predicted octanol–water partition coefficient (Wildman–Crippen LogP) is 4.20. The molecule has 0 saturated heterocycles. The fraction of sp³-hybridized carbons (Fsp3) is 0.200. The minimum absolute atomic E-state index is 0.00893. The van der Waals surface area contributed by atoms with E-state index in [-0.39, 0.29) is 17.9 Å². The highest BCUT2D eigenvalue weighted by atomic mass is 32.1. The topological polar surface area (TPSA) is 77.9 Å². The van der Waals surface area contributed by atoms with Gasteiger partial charge in [-0.2, -0.15) is 0 Å². The summed E-state index contributed by atoms with van der Waals surface area (Å²) in [6.45, 7) is 1.73. The largest absolute Gasteiger partial charge is 0.507 e. The van der Waals surface area contributed by atoms with E-state index >= 15 is 0 Å². The maximum Gasteiger partial charge on any atom is 0.342 e. The van der Waals surface area contributed by atoms with Crippen LogP contribution in [-0.2, 0) is 11.3 Å². The highest BCUT2D eigenvalue weighted by molar-refractivity contribution is 7.13. The molecule has 0 spiro atoms. The zero-order valence-electron chi connectivity index (χ0n) is 15.2. The number of carbonyl (C=O) groups excluding carboxylic acids is 1. The molecule has 6 nitrogen and oxygen atoms in total. The van der Waals surface area contributed by atoms with Crippen LogP contribution < -0.4 is 9.47 Å². The number of ether oxygens (including phenoxy) is 3. The molecule has 0 saturated carbocycles. The van der Waals surface area contributed by atoms with Crippen LogP contribution in [0.15, 0.2) is 41.8 Å². The number of aryl methyl sites for hydroxylation is 1. The number of benzene rings is 2. The van der Waals surface area contributed by atoms with Gasteiger partial charge in [0.25, 0.3) is 0 Å². The maximum absolute atomic E-state index is 12.2. The Morgan fingerprint density at radius 1 is 1.15 bits per heavy atom. The number of para-hydroxylation sites is 2. The summed E-state index contributed by atoms with van der Waals surface area (Å²) in [5.74, 6) is 0.558. The Morgan fingerprint density at radius 3 is 2.67 bits per heavy atom. The summed E-state index contributed by atoms with van der Waals surface area (Å²) in [5.41, 5.74) is 2.17. The van der Waals surface area contributed by atoms with E-state index in [4.69, 9.17) is 14.2 Å². The number of rotatable bonds is 6. The Labute approximate surface area is 161 Å². The Bertz CT molecular complexity index is 967. The van der Waals surface area contributed by atoms with Crippen LogP contribution >= 0.6 is 11.3 Å². The van der Waals surface area contributed by atoms with Gasteiger partial charge in [-0.25, -0.2) is 9.78 Å². The average molecular weight is 385 g/mol. The molecule has 2 aromatic carbocycles. The van der Waals surface area contributed by atoms with Crippen LogP contribution in [-0.4, -0.2) is 30.3 Å². The number of aromatic hydroxyl groups is 1. The third-order valence-corrected chi connectivity index (χ3v) is 4.92. The van der Waals surface area contributed by atoms with Crippen molar-refractivity contribution in [3.8, 4) is 27.8 Å². The lowest BCUT2D eigenvalue weighted by Crippen LogP contribution is -2.06. The lowest BCUT2D eigenvalue weighted by atomic mass is 10.1. The number of carbonyl (C=O) groups is 1. The summed E-state index contributed by atoms with van der Waals surface area (Å²) in [6.07, 6.45) is 0. The van der Waals surface area contributed by atoms with Gasteiger partial charge in [-0.1, -0.05) is 18.2 Å². The predicted molar refractivity (Wildman–Crippen MR) is 103 cm³/mol. The molecule has 3 rings (SSSR count). The van der Waals surface area contributed by atoms with Crippen LogP contribution in [0.5, 0.6) is 17.2 Å². The number of phenols is 1. The summed E-state index contributed by atoms with van der Waals surface area (Å²) in [5, 5.41) is 12.5. The van der Waals surface area contributed by atoms with Crippen molar-refractivity contribution < 1.29 is 24.1 Å². The van der Waals surface area contributed by atoms with Crippen molar-refractivity contribution in [3.05, 3.63) is 58.6 Å². The van der Waals surface area contributed by atoms with Gasteiger partial charge in [0, 0.05) is 5.38 Å². The van der Waals surface area contributed by atoms with Gasteiger partial charge in [0.05, 0.1) is 25.5 Å². The van der Waals surface area contributed by atoms with Crippen molar-refractivity contribution in [2.24, 2.45) is 0 Å². The molecule has 0 aliphatic rings. The van der Waals surface area contributed by atoms with E-state index in [0.29, 0.717) is 22.8 Å². The molecule has 3 aromatic rings. The SMILES string of the molecule is COc1cccc(-c2nc(COC(=O)c3cccc(C)c3O)cs2)c1OC. The summed E-state index contributed by atoms with van der Waals surface area (Å²) < 4.78 is 16.0. The molecular formula is C20H19NO5S. The molecule has 0 radical (unpaired) electrons. The number of nitrogens with zero attached hydrogens (tertiary/aromatic N) is 1. The first-order chi connectivity index (χ1) is 13.0. The Kier molecular flexibility index (Phi) is 5.61. The molecule has 27 heavy (non-hydrogen) atoms. The van der Waals surface area contributed by atoms with E-state index in [9.17, 15) is 9.90 Å². The van der Waals surface area contributed by atoms with Crippen molar-refractivity contribution in [3.63, 3.8) is 0 Å². The first kappa shape index (κ1) is 18.7. The minimum Gasteiger partial charge on any atom is -0.507 e. The fourth-order valence-corrected chi connectivity index (χ4v) is 3.42. The van der Waals surface area contributed by atoms with Gasteiger partial charge in [-0.15, -0.1) is 11.3 Å². The summed E-state index contributed by atoms with van der Waals surface area (Å²) in [7, 11) is 3.15. The van der Waals surface area contributed by atoms with E-state index in [1.165, 1.54) is 17.4 Å². The van der Waals surface area contributed by atoms with Gasteiger partial charge < -0.3 is 19.3 Å². The van der Waals surface area contributed by atoms with E-state index < -0.39 is 5.97 Å². The molecule has 0 fully saturated rings. The number of methoxy groups -OCH3 is 2. The van der Waals surface area contributed by atoms with Crippen LogP contribution in [0.3, 0.4) is 0 Å². The van der Waals surface area contributed by atoms with Crippen molar-refractivity contribution >= 4 is 17.3 Å². The van der Waals surface area contributed by atoms with E-state index in [2.05, 4.69) is 4.98 Å². The summed E-state index contributed by atoms with van der Waals surface area (Å²) in [4.78, 5) is 16.7. The number of hydrogen-bond donors (Lipinski definition) is 1. The highest BCUT2D eigenvalue weighted by Gasteiger charge is 2.17. The highest BCUT2D eigenvalue weighted by Crippen LogP contribution is 2.39. The van der Waals surface area contributed by atoms with Crippen LogP contribution in [0, 0.1) is 6.92 Å². The van der Waals surface area contributed by atoms with Gasteiger partial charge in [0.15, 0.2) is 11.5 Å². The van der Waals surface area contributed by atoms with Gasteiger partial charge in [-0.05, 0) is 30.7 Å². The second-order valence-electron chi connectivity index (χ2n) is 5.73. The fourth-order valence-electron chi connectivity index (χ4n) is 2.59. The Hall–Kier alpha value is -3.06. The molecule has 0 unspecified atom stereocenters. The Morgan fingerprint density at radius 2 is 1.93 bits per heavy atom. The molecular weight excluding hydrogens is 366 g/mol. The average Bonchev–Trinajstić information content (AvgIpc) is 3.16. The van der Waals surface area contributed by atoms with Gasteiger partial charge in [0.1, 0.15) is 22.9 Å². The first-order valence-corrected chi connectivity index (χ1v) is 9.04. The van der Waals surface area contributed by atoms with Crippen molar-refractivity contribution in [2.75, 3.05) is 14.2 Å². The third kappa shape index (κ3) is 3.88. The van der Waals surface area contributed by atoms with Crippen LogP contribution in [0.1, 0.15) is 21.6 Å². The van der Waals surface area contributed by atoms with E-state index in [0.717, 1.165) is 10.6 Å². The minimum atomic E-state index is -0.593. The molecule has 0 aliphatic heterocycles. The standard InChI is InChI=1S/C20H19NO5S/c1-12-6-4-7-14(17(12)22)20(23)26-10-13-11-27-19(21-13)15-8-5-9-16(24-2)18(15)25-3/h4-9,11,22H,10H2,1-3H3. The lowest BCUT2D eigenvalue weighted by molar-refractivity contribution is 0.0465. The van der Waals surface area contributed by atoms with Crippen LogP contribution in [0.4, 0.5) is 0 Å². The van der Waals surface area contributed by atoms with Crippen LogP contribution in [0.2, 0.25) is 0 Å². The van der Waals surface area contributed by atoms with Crippen LogP contribution in [0.25, 0.3) is 10.6 Å². The molecule has 1 aromatic heterocycles. The molecule has 0 atom stereocenters. The number of phenolic OH excluding ortho intramolecular Hbond substituents is 1. The van der Waals surface area contributed by atoms with Crippen molar-refractivity contribution in [2.45, 2.75) is 13.5 Å². The lowest BCUT2D eigenvalue weighted by Gasteiger charge is -2.10. The number of esters is 1. The molecule has 0 bridgehead atoms. The summed E-state index contributed by atoms with van der Waals surface area (Å²) >= 11 is 1.42. The molecule has 140 valence electrons. The van der Waals surface area contributed by atoms with Crippen molar-refractivity contribution in [1.29, 1.82) is 0 Å². The number of aromatic nitrogens is 1. The maximum atomic E-state index is 12.2.